The van der Waals surface area contributed by atoms with Crippen molar-refractivity contribution < 1.29 is 9.90 Å². The van der Waals surface area contributed by atoms with Gasteiger partial charge >= 0.3 is 5.97 Å². The van der Waals surface area contributed by atoms with E-state index in [-0.39, 0.29) is 6.54 Å². The second-order valence-corrected chi connectivity index (χ2v) is 3.89. The van der Waals surface area contributed by atoms with Crippen molar-refractivity contribution >= 4 is 11.8 Å². The van der Waals surface area contributed by atoms with Crippen molar-refractivity contribution in [2.24, 2.45) is 4.99 Å². The van der Waals surface area contributed by atoms with E-state index in [0.29, 0.717) is 13.1 Å². The summed E-state index contributed by atoms with van der Waals surface area (Å²) in [6.07, 6.45) is 0. The zero-order valence-electron chi connectivity index (χ0n) is 9.18. The molecule has 16 heavy (non-hydrogen) atoms. The summed E-state index contributed by atoms with van der Waals surface area (Å²) < 4.78 is 0. The van der Waals surface area contributed by atoms with Crippen molar-refractivity contribution in [3.8, 4) is 0 Å². The van der Waals surface area contributed by atoms with Gasteiger partial charge in [0, 0.05) is 12.1 Å². The summed E-state index contributed by atoms with van der Waals surface area (Å²) in [5.74, 6) is -0.0200. The Labute approximate surface area is 94.2 Å². The molecule has 0 aliphatic carbocycles. The van der Waals surface area contributed by atoms with Gasteiger partial charge in [0.2, 0.25) is 0 Å². The third-order valence-electron chi connectivity index (χ3n) is 2.53. The van der Waals surface area contributed by atoms with Crippen LogP contribution in [0.3, 0.4) is 0 Å². The monoisotopic (exact) mass is 218 g/mol. The number of hydrogen-bond acceptors (Lipinski definition) is 3. The Balaban J connectivity index is 2.23. The number of carboxylic acid groups (broad SMARTS) is 1. The number of aryl methyl sites for hydroxylation is 1. The van der Waals surface area contributed by atoms with Crippen molar-refractivity contribution in [1.29, 1.82) is 0 Å². The standard InChI is InChI=1S/C12H14N2O2/c1-9-3-2-4-10(7-9)12-13-5-6-14(12)8-11(15)16/h2-4,7H,5-6,8H2,1H3,(H,15,16). The summed E-state index contributed by atoms with van der Waals surface area (Å²) in [7, 11) is 0. The number of carboxylic acids is 1. The quantitative estimate of drug-likeness (QED) is 0.827. The van der Waals surface area contributed by atoms with E-state index in [4.69, 9.17) is 5.11 Å². The van der Waals surface area contributed by atoms with E-state index in [1.54, 1.807) is 4.90 Å². The van der Waals surface area contributed by atoms with Gasteiger partial charge in [-0.25, -0.2) is 0 Å². The lowest BCUT2D eigenvalue weighted by molar-refractivity contribution is -0.137. The Morgan fingerprint density at radius 1 is 1.56 bits per heavy atom. The van der Waals surface area contributed by atoms with Crippen molar-refractivity contribution in [1.82, 2.24) is 4.90 Å². The van der Waals surface area contributed by atoms with Crippen LogP contribution in [0.5, 0.6) is 0 Å². The van der Waals surface area contributed by atoms with E-state index in [1.165, 1.54) is 0 Å². The van der Waals surface area contributed by atoms with Crippen LogP contribution in [0.1, 0.15) is 11.1 Å². The van der Waals surface area contributed by atoms with Crippen LogP contribution in [0, 0.1) is 6.92 Å². The first-order valence-corrected chi connectivity index (χ1v) is 5.25. The Bertz CT molecular complexity index is 440. The minimum absolute atomic E-state index is 0.0206. The van der Waals surface area contributed by atoms with Gasteiger partial charge < -0.3 is 10.0 Å². The fourth-order valence-corrected chi connectivity index (χ4v) is 1.86. The highest BCUT2D eigenvalue weighted by Gasteiger charge is 2.20. The van der Waals surface area contributed by atoms with Gasteiger partial charge in [-0.3, -0.25) is 9.79 Å². The lowest BCUT2D eigenvalue weighted by Gasteiger charge is -2.18. The summed E-state index contributed by atoms with van der Waals surface area (Å²) in [6, 6.07) is 7.97. The number of aliphatic carboxylic acids is 1. The van der Waals surface area contributed by atoms with Gasteiger partial charge in [-0.2, -0.15) is 0 Å². The molecule has 1 aromatic rings. The molecule has 0 aromatic heterocycles. The lowest BCUT2D eigenvalue weighted by Crippen LogP contribution is -2.33. The van der Waals surface area contributed by atoms with E-state index in [9.17, 15) is 4.79 Å². The maximum Gasteiger partial charge on any atom is 0.323 e. The van der Waals surface area contributed by atoms with Gasteiger partial charge in [-0.1, -0.05) is 23.8 Å². The topological polar surface area (TPSA) is 52.9 Å². The Hall–Kier alpha value is -1.84. The molecule has 0 unspecified atom stereocenters. The zero-order valence-corrected chi connectivity index (χ0v) is 9.18. The molecule has 0 spiro atoms. The molecule has 0 amide bonds. The molecule has 1 aliphatic rings. The third-order valence-corrected chi connectivity index (χ3v) is 2.53. The van der Waals surface area contributed by atoms with E-state index < -0.39 is 5.97 Å². The molecule has 2 rings (SSSR count). The van der Waals surface area contributed by atoms with Gasteiger partial charge in [0.25, 0.3) is 0 Å². The van der Waals surface area contributed by atoms with Crippen LogP contribution >= 0.6 is 0 Å². The van der Waals surface area contributed by atoms with Gasteiger partial charge in [0.1, 0.15) is 12.4 Å². The summed E-state index contributed by atoms with van der Waals surface area (Å²) in [6.45, 7) is 3.40. The molecule has 0 saturated heterocycles. The number of aliphatic imine (C=N–C) groups is 1. The average Bonchev–Trinajstić information content (AvgIpc) is 2.65. The molecule has 0 radical (unpaired) electrons. The summed E-state index contributed by atoms with van der Waals surface area (Å²) in [5.41, 5.74) is 2.15. The van der Waals surface area contributed by atoms with Crippen LogP contribution in [0.2, 0.25) is 0 Å². The van der Waals surface area contributed by atoms with Crippen molar-refractivity contribution in [2.75, 3.05) is 19.6 Å². The summed E-state index contributed by atoms with van der Waals surface area (Å²) in [4.78, 5) is 16.9. The molecule has 0 fully saturated rings. The number of rotatable bonds is 3. The Morgan fingerprint density at radius 2 is 2.38 bits per heavy atom. The van der Waals surface area contributed by atoms with Gasteiger partial charge in [0.15, 0.2) is 0 Å². The van der Waals surface area contributed by atoms with Gasteiger partial charge in [-0.05, 0) is 13.0 Å². The molecule has 0 atom stereocenters. The smallest absolute Gasteiger partial charge is 0.323 e. The molecule has 1 N–H and O–H groups in total. The molecule has 1 heterocycles. The van der Waals surface area contributed by atoms with E-state index in [2.05, 4.69) is 4.99 Å². The normalized spacial score (nSPS) is 15.1. The fourth-order valence-electron chi connectivity index (χ4n) is 1.86. The van der Waals surface area contributed by atoms with Crippen LogP contribution in [0.4, 0.5) is 0 Å². The molecular formula is C12H14N2O2. The second kappa shape index (κ2) is 4.35. The predicted octanol–water partition coefficient (Wildman–Crippen LogP) is 1.14. The van der Waals surface area contributed by atoms with Crippen molar-refractivity contribution in [3.63, 3.8) is 0 Å². The number of nitrogens with zero attached hydrogens (tertiary/aromatic N) is 2. The highest BCUT2D eigenvalue weighted by atomic mass is 16.4. The number of amidine groups is 1. The summed E-state index contributed by atoms with van der Waals surface area (Å²) >= 11 is 0. The molecule has 4 heteroatoms. The van der Waals surface area contributed by atoms with Gasteiger partial charge in [-0.15, -0.1) is 0 Å². The number of benzene rings is 1. The SMILES string of the molecule is Cc1cccc(C2=NCCN2CC(=O)O)c1. The van der Waals surface area contributed by atoms with Crippen molar-refractivity contribution in [2.45, 2.75) is 6.92 Å². The molecule has 0 saturated carbocycles. The highest BCUT2D eigenvalue weighted by Crippen LogP contribution is 2.12. The number of hydrogen-bond donors (Lipinski definition) is 1. The maximum atomic E-state index is 10.7. The van der Waals surface area contributed by atoms with Gasteiger partial charge in [0.05, 0.1) is 6.54 Å². The van der Waals surface area contributed by atoms with E-state index in [0.717, 1.165) is 17.0 Å². The second-order valence-electron chi connectivity index (χ2n) is 3.89. The first kappa shape index (κ1) is 10.7. The average molecular weight is 218 g/mol. The fraction of sp³-hybridized carbons (Fsp3) is 0.333. The minimum atomic E-state index is -0.817. The molecule has 4 nitrogen and oxygen atoms in total. The predicted molar refractivity (Wildman–Crippen MR) is 61.8 cm³/mol. The minimum Gasteiger partial charge on any atom is -0.480 e. The largest absolute Gasteiger partial charge is 0.480 e. The molecule has 0 bridgehead atoms. The highest BCUT2D eigenvalue weighted by molar-refractivity contribution is 6.01. The van der Waals surface area contributed by atoms with Crippen molar-refractivity contribution in [3.05, 3.63) is 35.4 Å². The van der Waals surface area contributed by atoms with E-state index in [1.807, 2.05) is 31.2 Å². The number of carbonyl (C=O) groups is 1. The maximum absolute atomic E-state index is 10.7. The molecule has 1 aromatic carbocycles. The third kappa shape index (κ3) is 2.21. The van der Waals surface area contributed by atoms with Crippen LogP contribution in [-0.2, 0) is 4.79 Å². The molecular weight excluding hydrogens is 204 g/mol. The molecule has 84 valence electrons. The lowest BCUT2D eigenvalue weighted by atomic mass is 10.1. The zero-order chi connectivity index (χ0) is 11.5. The first-order valence-electron chi connectivity index (χ1n) is 5.25. The summed E-state index contributed by atoms with van der Waals surface area (Å²) in [5, 5.41) is 8.80. The van der Waals surface area contributed by atoms with Crippen LogP contribution in [-0.4, -0.2) is 41.4 Å². The molecule has 1 aliphatic heterocycles. The Morgan fingerprint density at radius 3 is 3.06 bits per heavy atom. The van der Waals surface area contributed by atoms with E-state index >= 15 is 0 Å². The Kier molecular flexibility index (Phi) is 2.90. The van der Waals surface area contributed by atoms with Crippen LogP contribution < -0.4 is 0 Å². The van der Waals surface area contributed by atoms with Crippen LogP contribution in [0.25, 0.3) is 0 Å². The first-order chi connectivity index (χ1) is 7.66. The van der Waals surface area contributed by atoms with Crippen LogP contribution in [0.15, 0.2) is 29.3 Å².